The molecule has 0 bridgehead atoms. The van der Waals surface area contributed by atoms with E-state index < -0.39 is 24.7 Å². The molecule has 1 aromatic heterocycles. The summed E-state index contributed by atoms with van der Waals surface area (Å²) in [6.45, 7) is 7.82. The fourth-order valence-corrected chi connectivity index (χ4v) is 2.12. The van der Waals surface area contributed by atoms with Gasteiger partial charge in [-0.15, -0.1) is 0 Å². The number of aryl methyl sites for hydroxylation is 1. The topological polar surface area (TPSA) is 56.5 Å². The molecule has 2 rings (SSSR count). The van der Waals surface area contributed by atoms with Gasteiger partial charge in [-0.05, 0) is 34.1 Å². The fraction of sp³-hybridized carbons (Fsp3) is 0.769. The predicted octanol–water partition coefficient (Wildman–Crippen LogP) is 1.50. The van der Waals surface area contributed by atoms with Gasteiger partial charge in [0.15, 0.2) is 0 Å². The first-order chi connectivity index (χ1) is 9.68. The lowest BCUT2D eigenvalue weighted by atomic mass is 9.79. The van der Waals surface area contributed by atoms with E-state index in [1.54, 1.807) is 0 Å². The zero-order valence-electron chi connectivity index (χ0n) is 12.8. The third-order valence-electron chi connectivity index (χ3n) is 4.08. The lowest BCUT2D eigenvalue weighted by Crippen LogP contribution is -2.41. The predicted molar refractivity (Wildman–Crippen MR) is 74.6 cm³/mol. The van der Waals surface area contributed by atoms with Gasteiger partial charge in [0, 0.05) is 24.8 Å². The maximum absolute atomic E-state index is 13.2. The van der Waals surface area contributed by atoms with Gasteiger partial charge in [-0.2, -0.15) is 5.10 Å². The first kappa shape index (κ1) is 16.4. The number of hydrogen-bond donors (Lipinski definition) is 1. The number of hydrogen-bond acceptors (Lipinski definition) is 4. The van der Waals surface area contributed by atoms with Crippen molar-refractivity contribution in [2.45, 2.75) is 58.3 Å². The van der Waals surface area contributed by atoms with Crippen LogP contribution in [0.5, 0.6) is 0 Å². The smallest absolute Gasteiger partial charge is 0.399 e. The highest BCUT2D eigenvalue weighted by Gasteiger charge is 2.53. The number of alkyl halides is 2. The van der Waals surface area contributed by atoms with E-state index >= 15 is 0 Å². The quantitative estimate of drug-likeness (QED) is 0.838. The highest BCUT2D eigenvalue weighted by atomic mass is 19.3. The van der Waals surface area contributed by atoms with Crippen LogP contribution in [-0.4, -0.2) is 39.8 Å². The Labute approximate surface area is 123 Å². The third kappa shape index (κ3) is 3.12. The summed E-state index contributed by atoms with van der Waals surface area (Å²) in [5.74, 6) is 0. The zero-order chi connectivity index (χ0) is 15.8. The second-order valence-corrected chi connectivity index (χ2v) is 6.20. The van der Waals surface area contributed by atoms with E-state index in [2.05, 4.69) is 5.10 Å². The van der Waals surface area contributed by atoms with E-state index in [4.69, 9.17) is 14.4 Å². The summed E-state index contributed by atoms with van der Waals surface area (Å²) in [6.07, 6.45) is -0.735. The van der Waals surface area contributed by atoms with Crippen molar-refractivity contribution in [3.63, 3.8) is 0 Å². The first-order valence-corrected chi connectivity index (χ1v) is 7.00. The second kappa shape index (κ2) is 5.66. The van der Waals surface area contributed by atoms with Crippen molar-refractivity contribution in [3.05, 3.63) is 11.9 Å². The van der Waals surface area contributed by atoms with E-state index in [9.17, 15) is 8.78 Å². The van der Waals surface area contributed by atoms with Crippen molar-refractivity contribution in [1.29, 1.82) is 0 Å². The van der Waals surface area contributed by atoms with Crippen molar-refractivity contribution in [2.24, 2.45) is 0 Å². The van der Waals surface area contributed by atoms with Crippen LogP contribution in [-0.2, 0) is 15.9 Å². The van der Waals surface area contributed by atoms with Crippen molar-refractivity contribution in [1.82, 2.24) is 9.78 Å². The molecular weight excluding hydrogens is 281 g/mol. The van der Waals surface area contributed by atoms with Crippen LogP contribution in [0.1, 0.15) is 46.2 Å². The number of aliphatic hydroxyl groups is 1. The maximum Gasteiger partial charge on any atom is 0.498 e. The summed E-state index contributed by atoms with van der Waals surface area (Å²) in [5.41, 5.74) is -1.26. The molecule has 5 nitrogen and oxygen atoms in total. The molecule has 0 spiro atoms. The van der Waals surface area contributed by atoms with Crippen molar-refractivity contribution < 1.29 is 23.2 Å². The molecule has 1 aliphatic rings. The Morgan fingerprint density at radius 3 is 2.33 bits per heavy atom. The van der Waals surface area contributed by atoms with Gasteiger partial charge in [-0.3, -0.25) is 4.68 Å². The maximum atomic E-state index is 13.2. The molecule has 1 aromatic rings. The second-order valence-electron chi connectivity index (χ2n) is 6.20. The number of nitrogens with zero attached hydrogens (tertiary/aromatic N) is 2. The molecule has 0 aliphatic carbocycles. The van der Waals surface area contributed by atoms with Crippen LogP contribution in [0.3, 0.4) is 0 Å². The Morgan fingerprint density at radius 2 is 1.86 bits per heavy atom. The van der Waals surface area contributed by atoms with Crippen LogP contribution in [0.4, 0.5) is 8.78 Å². The van der Waals surface area contributed by atoms with Crippen LogP contribution >= 0.6 is 0 Å². The molecule has 0 unspecified atom stereocenters. The van der Waals surface area contributed by atoms with Gasteiger partial charge >= 0.3 is 7.12 Å². The van der Waals surface area contributed by atoms with Crippen LogP contribution in [0.25, 0.3) is 0 Å². The Balaban J connectivity index is 2.29. The number of aliphatic hydroxyl groups excluding tert-OH is 1. The summed E-state index contributed by atoms with van der Waals surface area (Å²) in [6, 6.07) is 0. The minimum Gasteiger partial charge on any atom is -0.399 e. The summed E-state index contributed by atoms with van der Waals surface area (Å²) in [7, 11) is -0.859. The fourth-order valence-electron chi connectivity index (χ4n) is 2.12. The Bertz CT molecular complexity index is 490. The average Bonchev–Trinajstić information content (AvgIpc) is 2.86. The average molecular weight is 302 g/mol. The van der Waals surface area contributed by atoms with Crippen LogP contribution in [0, 0.1) is 0 Å². The molecule has 0 atom stereocenters. The largest absolute Gasteiger partial charge is 0.498 e. The molecule has 0 saturated carbocycles. The van der Waals surface area contributed by atoms with Gasteiger partial charge < -0.3 is 14.4 Å². The molecule has 0 amide bonds. The highest BCUT2D eigenvalue weighted by Crippen LogP contribution is 2.37. The van der Waals surface area contributed by atoms with Crippen molar-refractivity contribution in [2.75, 3.05) is 6.61 Å². The monoisotopic (exact) mass is 302 g/mol. The minimum atomic E-state index is -2.70. The molecule has 1 fully saturated rings. The van der Waals surface area contributed by atoms with Gasteiger partial charge in [0.25, 0.3) is 6.43 Å². The summed E-state index contributed by atoms with van der Waals surface area (Å²) >= 11 is 0. The van der Waals surface area contributed by atoms with E-state index in [1.807, 2.05) is 27.7 Å². The van der Waals surface area contributed by atoms with Gasteiger partial charge in [0.1, 0.15) is 5.69 Å². The molecule has 118 valence electrons. The van der Waals surface area contributed by atoms with Crippen LogP contribution in [0.2, 0.25) is 0 Å². The van der Waals surface area contributed by atoms with Gasteiger partial charge in [-0.1, -0.05) is 0 Å². The first-order valence-electron chi connectivity index (χ1n) is 7.00. The molecular formula is C13H21BF2N2O3. The molecule has 1 aliphatic heterocycles. The van der Waals surface area contributed by atoms with Gasteiger partial charge in [0.2, 0.25) is 0 Å². The Morgan fingerprint density at radius 1 is 1.29 bits per heavy atom. The Kier molecular flexibility index (Phi) is 4.42. The molecule has 21 heavy (non-hydrogen) atoms. The highest BCUT2D eigenvalue weighted by molar-refractivity contribution is 6.62. The summed E-state index contributed by atoms with van der Waals surface area (Å²) in [4.78, 5) is 0. The zero-order valence-corrected chi connectivity index (χ0v) is 12.8. The normalized spacial score (nSPS) is 20.5. The van der Waals surface area contributed by atoms with Crippen LogP contribution in [0.15, 0.2) is 6.20 Å². The molecule has 0 aromatic carbocycles. The number of rotatable bonds is 5. The van der Waals surface area contributed by atoms with Crippen molar-refractivity contribution >= 4 is 12.6 Å². The van der Waals surface area contributed by atoms with Crippen LogP contribution < -0.4 is 5.46 Å². The van der Waals surface area contributed by atoms with Crippen molar-refractivity contribution in [3.8, 4) is 0 Å². The number of aromatic nitrogens is 2. The Hall–Kier alpha value is -0.985. The lowest BCUT2D eigenvalue weighted by Gasteiger charge is -2.32. The summed E-state index contributed by atoms with van der Waals surface area (Å²) < 4.78 is 39.3. The van der Waals surface area contributed by atoms with Gasteiger partial charge in [0.05, 0.1) is 11.2 Å². The van der Waals surface area contributed by atoms with E-state index in [-0.39, 0.29) is 17.8 Å². The molecule has 8 heteroatoms. The summed E-state index contributed by atoms with van der Waals surface area (Å²) in [5, 5.41) is 12.7. The van der Waals surface area contributed by atoms with E-state index in [0.717, 1.165) is 0 Å². The molecule has 0 radical (unpaired) electrons. The standard InChI is InChI=1S/C13H21BF2N2O3/c1-12(2)13(3,4)21-14(20-12)9-8-18(6-5-7-19)17-10(9)11(15)16/h8,11,19H,5-7H2,1-4H3. The van der Waals surface area contributed by atoms with E-state index in [0.29, 0.717) is 13.0 Å². The molecule has 2 heterocycles. The lowest BCUT2D eigenvalue weighted by molar-refractivity contribution is 0.00578. The third-order valence-corrected chi connectivity index (χ3v) is 4.08. The minimum absolute atomic E-state index is 0.0182. The molecule has 1 saturated heterocycles. The SMILES string of the molecule is CC1(C)OB(c2cn(CCCO)nc2C(F)F)OC1(C)C. The van der Waals surface area contributed by atoms with Gasteiger partial charge in [-0.25, -0.2) is 8.78 Å². The van der Waals surface area contributed by atoms with E-state index in [1.165, 1.54) is 10.9 Å². The number of halogens is 2. The molecule has 1 N–H and O–H groups in total.